The minimum absolute atomic E-state index is 0.0794. The first kappa shape index (κ1) is 15.5. The predicted molar refractivity (Wildman–Crippen MR) is 78.0 cm³/mol. The quantitative estimate of drug-likeness (QED) is 0.813. The van der Waals surface area contributed by atoms with Crippen LogP contribution < -0.4 is 10.5 Å². The molecule has 1 atom stereocenters. The number of hydrogen-bond acceptors (Lipinski definition) is 3. The van der Waals surface area contributed by atoms with E-state index in [4.69, 9.17) is 5.73 Å². The van der Waals surface area contributed by atoms with Crippen molar-refractivity contribution in [2.45, 2.75) is 44.6 Å². The van der Waals surface area contributed by atoms with Crippen LogP contribution in [-0.2, 0) is 10.0 Å². The molecule has 0 bridgehead atoms. The molecule has 0 aromatic heterocycles. The van der Waals surface area contributed by atoms with Crippen molar-refractivity contribution >= 4 is 31.6 Å². The normalized spacial score (nSPS) is 13.6. The van der Waals surface area contributed by atoms with Crippen molar-refractivity contribution in [2.75, 3.05) is 5.73 Å². The lowest BCUT2D eigenvalue weighted by Gasteiger charge is -2.15. The zero-order valence-corrected chi connectivity index (χ0v) is 13.2. The summed E-state index contributed by atoms with van der Waals surface area (Å²) in [5, 5.41) is 0. The highest BCUT2D eigenvalue weighted by molar-refractivity contribution is 9.10. The van der Waals surface area contributed by atoms with E-state index in [0.717, 1.165) is 12.8 Å². The standard InChI is InChI=1S/C12H19BrN2O2S/c1-4-5-9(3)15-18(16,17)12-7-11(14)10(13)6-8(12)2/h6-7,9,15H,4-5,14H2,1-3H3. The number of aryl methyl sites for hydroxylation is 1. The fourth-order valence-electron chi connectivity index (χ4n) is 1.78. The van der Waals surface area contributed by atoms with Gasteiger partial charge in [-0.3, -0.25) is 0 Å². The average molecular weight is 335 g/mol. The van der Waals surface area contributed by atoms with E-state index >= 15 is 0 Å². The van der Waals surface area contributed by atoms with Gasteiger partial charge in [0.05, 0.1) is 4.90 Å². The summed E-state index contributed by atoms with van der Waals surface area (Å²) in [5.74, 6) is 0. The van der Waals surface area contributed by atoms with Crippen molar-refractivity contribution in [1.29, 1.82) is 0 Å². The summed E-state index contributed by atoms with van der Waals surface area (Å²) in [5.41, 5.74) is 6.83. The molecule has 0 amide bonds. The van der Waals surface area contributed by atoms with Gasteiger partial charge in [-0.25, -0.2) is 13.1 Å². The largest absolute Gasteiger partial charge is 0.398 e. The second-order valence-electron chi connectivity index (χ2n) is 4.45. The molecule has 6 heteroatoms. The summed E-state index contributed by atoms with van der Waals surface area (Å²) in [4.78, 5) is 0.242. The fourth-order valence-corrected chi connectivity index (χ4v) is 3.78. The zero-order chi connectivity index (χ0) is 13.9. The summed E-state index contributed by atoms with van der Waals surface area (Å²) in [6, 6.07) is 3.12. The summed E-state index contributed by atoms with van der Waals surface area (Å²) < 4.78 is 27.8. The minimum Gasteiger partial charge on any atom is -0.398 e. The highest BCUT2D eigenvalue weighted by Gasteiger charge is 2.20. The molecule has 0 aliphatic carbocycles. The number of nitrogen functional groups attached to an aromatic ring is 1. The predicted octanol–water partition coefficient (Wildman–Crippen LogP) is 2.81. The SMILES string of the molecule is CCCC(C)NS(=O)(=O)c1cc(N)c(Br)cc1C. The number of rotatable bonds is 5. The maximum atomic E-state index is 12.2. The molecule has 0 aliphatic rings. The van der Waals surface area contributed by atoms with Crippen LogP contribution in [0, 0.1) is 6.92 Å². The first-order valence-corrected chi connectivity index (χ1v) is 8.13. The fraction of sp³-hybridized carbons (Fsp3) is 0.500. The number of nitrogens with two attached hydrogens (primary N) is 1. The van der Waals surface area contributed by atoms with E-state index in [1.54, 1.807) is 13.0 Å². The van der Waals surface area contributed by atoms with Gasteiger partial charge in [-0.15, -0.1) is 0 Å². The van der Waals surface area contributed by atoms with Crippen LogP contribution in [0.5, 0.6) is 0 Å². The van der Waals surface area contributed by atoms with Crippen molar-refractivity contribution in [3.8, 4) is 0 Å². The summed E-state index contributed by atoms with van der Waals surface area (Å²) in [6.07, 6.45) is 1.75. The van der Waals surface area contributed by atoms with Crippen LogP contribution in [0.25, 0.3) is 0 Å². The van der Waals surface area contributed by atoms with E-state index in [-0.39, 0.29) is 10.9 Å². The van der Waals surface area contributed by atoms with Crippen molar-refractivity contribution < 1.29 is 8.42 Å². The monoisotopic (exact) mass is 334 g/mol. The molecule has 102 valence electrons. The van der Waals surface area contributed by atoms with Crippen LogP contribution in [0.2, 0.25) is 0 Å². The summed E-state index contributed by atoms with van der Waals surface area (Å²) in [7, 11) is -3.50. The van der Waals surface area contributed by atoms with Crippen LogP contribution in [0.15, 0.2) is 21.5 Å². The highest BCUT2D eigenvalue weighted by Crippen LogP contribution is 2.26. The van der Waals surface area contributed by atoms with E-state index < -0.39 is 10.0 Å². The Bertz CT molecular complexity index is 529. The Hall–Kier alpha value is -0.590. The van der Waals surface area contributed by atoms with Crippen LogP contribution in [0.1, 0.15) is 32.3 Å². The van der Waals surface area contributed by atoms with Gasteiger partial charge in [0.2, 0.25) is 10.0 Å². The molecule has 0 aliphatic heterocycles. The van der Waals surface area contributed by atoms with Gasteiger partial charge < -0.3 is 5.73 Å². The molecular weight excluding hydrogens is 316 g/mol. The van der Waals surface area contributed by atoms with Gasteiger partial charge in [0.25, 0.3) is 0 Å². The molecule has 4 nitrogen and oxygen atoms in total. The smallest absolute Gasteiger partial charge is 0.241 e. The number of benzene rings is 1. The Balaban J connectivity index is 3.09. The Morgan fingerprint density at radius 1 is 1.44 bits per heavy atom. The van der Waals surface area contributed by atoms with Gasteiger partial charge >= 0.3 is 0 Å². The van der Waals surface area contributed by atoms with E-state index in [9.17, 15) is 8.42 Å². The number of anilines is 1. The van der Waals surface area contributed by atoms with Gasteiger partial charge in [-0.1, -0.05) is 13.3 Å². The van der Waals surface area contributed by atoms with E-state index in [1.165, 1.54) is 6.07 Å². The summed E-state index contributed by atoms with van der Waals surface area (Å²) in [6.45, 7) is 5.63. The number of hydrogen-bond donors (Lipinski definition) is 2. The molecule has 0 fully saturated rings. The minimum atomic E-state index is -3.50. The molecule has 3 N–H and O–H groups in total. The molecule has 18 heavy (non-hydrogen) atoms. The lowest BCUT2D eigenvalue weighted by molar-refractivity contribution is 0.543. The van der Waals surface area contributed by atoms with Gasteiger partial charge in [0.15, 0.2) is 0 Å². The third-order valence-corrected chi connectivity index (χ3v) is 5.08. The Morgan fingerprint density at radius 2 is 2.06 bits per heavy atom. The van der Waals surface area contributed by atoms with Gasteiger partial charge in [0.1, 0.15) is 0 Å². The lowest BCUT2D eigenvalue weighted by Crippen LogP contribution is -2.32. The first-order valence-electron chi connectivity index (χ1n) is 5.86. The second-order valence-corrected chi connectivity index (χ2v) is 6.99. The van der Waals surface area contributed by atoms with E-state index in [1.807, 2.05) is 13.8 Å². The maximum Gasteiger partial charge on any atom is 0.241 e. The van der Waals surface area contributed by atoms with Gasteiger partial charge in [0, 0.05) is 16.2 Å². The van der Waals surface area contributed by atoms with Gasteiger partial charge in [-0.05, 0) is 53.9 Å². The molecule has 0 spiro atoms. The molecule has 1 unspecified atom stereocenters. The lowest BCUT2D eigenvalue weighted by atomic mass is 10.2. The Morgan fingerprint density at radius 3 is 2.61 bits per heavy atom. The second kappa shape index (κ2) is 6.04. The molecule has 0 saturated heterocycles. The Kier molecular flexibility index (Phi) is 5.19. The van der Waals surface area contributed by atoms with Crippen LogP contribution >= 0.6 is 15.9 Å². The maximum absolute atomic E-state index is 12.2. The molecule has 1 rings (SSSR count). The van der Waals surface area contributed by atoms with E-state index in [0.29, 0.717) is 15.7 Å². The Labute approximate surface area is 117 Å². The topological polar surface area (TPSA) is 72.2 Å². The third kappa shape index (κ3) is 3.70. The highest BCUT2D eigenvalue weighted by atomic mass is 79.9. The first-order chi connectivity index (χ1) is 8.27. The number of nitrogens with one attached hydrogen (secondary N) is 1. The molecule has 1 aromatic rings. The van der Waals surface area contributed by atoms with Crippen molar-refractivity contribution in [3.63, 3.8) is 0 Å². The van der Waals surface area contributed by atoms with Crippen LogP contribution in [0.3, 0.4) is 0 Å². The van der Waals surface area contributed by atoms with Crippen molar-refractivity contribution in [2.24, 2.45) is 0 Å². The average Bonchev–Trinajstić information content (AvgIpc) is 2.22. The number of halogens is 1. The molecule has 1 aromatic carbocycles. The van der Waals surface area contributed by atoms with Crippen molar-refractivity contribution in [3.05, 3.63) is 22.2 Å². The molecule has 0 saturated carbocycles. The molecule has 0 radical (unpaired) electrons. The molecular formula is C12H19BrN2O2S. The van der Waals surface area contributed by atoms with Crippen molar-refractivity contribution in [1.82, 2.24) is 4.72 Å². The number of sulfonamides is 1. The molecule has 0 heterocycles. The van der Waals surface area contributed by atoms with E-state index in [2.05, 4.69) is 20.7 Å². The van der Waals surface area contributed by atoms with Crippen LogP contribution in [-0.4, -0.2) is 14.5 Å². The van der Waals surface area contributed by atoms with Gasteiger partial charge in [-0.2, -0.15) is 0 Å². The van der Waals surface area contributed by atoms with Crippen LogP contribution in [0.4, 0.5) is 5.69 Å². The summed E-state index contributed by atoms with van der Waals surface area (Å²) >= 11 is 3.28. The zero-order valence-electron chi connectivity index (χ0n) is 10.8. The third-order valence-electron chi connectivity index (χ3n) is 2.66.